The SMILES string of the molecule is COc1ccc(-c2csc(NC(=O)Cc3ccccc3Cl)n2)cc1OC. The first kappa shape index (κ1) is 18.2. The zero-order chi connectivity index (χ0) is 18.5. The zero-order valence-corrected chi connectivity index (χ0v) is 15.9. The van der Waals surface area contributed by atoms with E-state index >= 15 is 0 Å². The van der Waals surface area contributed by atoms with E-state index in [9.17, 15) is 4.79 Å². The summed E-state index contributed by atoms with van der Waals surface area (Å²) >= 11 is 7.46. The maximum atomic E-state index is 12.2. The standard InChI is InChI=1S/C19H17ClN2O3S/c1-24-16-8-7-13(9-17(16)25-2)15-11-26-19(21-15)22-18(23)10-12-5-3-4-6-14(12)20/h3-9,11H,10H2,1-2H3,(H,21,22,23). The van der Waals surface area contributed by atoms with Gasteiger partial charge in [0.15, 0.2) is 16.6 Å². The van der Waals surface area contributed by atoms with Crippen molar-refractivity contribution < 1.29 is 14.3 Å². The molecule has 0 saturated heterocycles. The summed E-state index contributed by atoms with van der Waals surface area (Å²) in [5.74, 6) is 1.12. The number of aromatic nitrogens is 1. The second-order valence-corrected chi connectivity index (χ2v) is 6.69. The Hall–Kier alpha value is -2.57. The fourth-order valence-electron chi connectivity index (χ4n) is 2.44. The molecule has 0 atom stereocenters. The molecule has 0 radical (unpaired) electrons. The van der Waals surface area contributed by atoms with Gasteiger partial charge in [-0.05, 0) is 29.8 Å². The number of nitrogens with one attached hydrogen (secondary N) is 1. The highest BCUT2D eigenvalue weighted by atomic mass is 35.5. The van der Waals surface area contributed by atoms with Gasteiger partial charge in [-0.15, -0.1) is 11.3 Å². The number of anilines is 1. The summed E-state index contributed by atoms with van der Waals surface area (Å²) in [4.78, 5) is 16.7. The van der Waals surface area contributed by atoms with Crippen molar-refractivity contribution in [2.24, 2.45) is 0 Å². The van der Waals surface area contributed by atoms with Crippen LogP contribution in [0.5, 0.6) is 11.5 Å². The predicted molar refractivity (Wildman–Crippen MR) is 104 cm³/mol. The lowest BCUT2D eigenvalue weighted by Gasteiger charge is -2.08. The van der Waals surface area contributed by atoms with Crippen molar-refractivity contribution in [3.05, 3.63) is 58.4 Å². The van der Waals surface area contributed by atoms with Crippen LogP contribution in [0.4, 0.5) is 5.13 Å². The van der Waals surface area contributed by atoms with Gasteiger partial charge in [-0.1, -0.05) is 29.8 Å². The molecule has 0 bridgehead atoms. The lowest BCUT2D eigenvalue weighted by Crippen LogP contribution is -2.14. The van der Waals surface area contributed by atoms with Crippen molar-refractivity contribution in [2.75, 3.05) is 19.5 Å². The highest BCUT2D eigenvalue weighted by molar-refractivity contribution is 7.14. The lowest BCUT2D eigenvalue weighted by molar-refractivity contribution is -0.115. The van der Waals surface area contributed by atoms with Crippen LogP contribution in [0.3, 0.4) is 0 Å². The smallest absolute Gasteiger partial charge is 0.230 e. The number of nitrogens with zero attached hydrogens (tertiary/aromatic N) is 1. The molecule has 1 aromatic heterocycles. The summed E-state index contributed by atoms with van der Waals surface area (Å²) in [5, 5.41) is 5.80. The van der Waals surface area contributed by atoms with Crippen LogP contribution in [0.2, 0.25) is 5.02 Å². The largest absolute Gasteiger partial charge is 0.493 e. The first-order valence-corrected chi connectivity index (χ1v) is 9.07. The average molecular weight is 389 g/mol. The molecule has 3 aromatic rings. The maximum Gasteiger partial charge on any atom is 0.230 e. The van der Waals surface area contributed by atoms with Gasteiger partial charge in [0.05, 0.1) is 26.3 Å². The van der Waals surface area contributed by atoms with Crippen LogP contribution in [0.25, 0.3) is 11.3 Å². The molecule has 3 rings (SSSR count). The van der Waals surface area contributed by atoms with E-state index in [2.05, 4.69) is 10.3 Å². The Kier molecular flexibility index (Phi) is 5.75. The summed E-state index contributed by atoms with van der Waals surface area (Å²) in [5.41, 5.74) is 2.41. The third-order valence-electron chi connectivity index (χ3n) is 3.74. The maximum absolute atomic E-state index is 12.2. The fourth-order valence-corrected chi connectivity index (χ4v) is 3.38. The second-order valence-electron chi connectivity index (χ2n) is 5.42. The van der Waals surface area contributed by atoms with Crippen molar-refractivity contribution in [2.45, 2.75) is 6.42 Å². The number of carbonyl (C=O) groups is 1. The van der Waals surface area contributed by atoms with E-state index < -0.39 is 0 Å². The highest BCUT2D eigenvalue weighted by Crippen LogP contribution is 2.33. The van der Waals surface area contributed by atoms with Crippen LogP contribution < -0.4 is 14.8 Å². The topological polar surface area (TPSA) is 60.5 Å². The quantitative estimate of drug-likeness (QED) is 0.667. The molecule has 0 saturated carbocycles. The molecule has 7 heteroatoms. The monoisotopic (exact) mass is 388 g/mol. The van der Waals surface area contributed by atoms with Crippen LogP contribution in [0, 0.1) is 0 Å². The van der Waals surface area contributed by atoms with Crippen molar-refractivity contribution >= 4 is 34.0 Å². The third kappa shape index (κ3) is 4.15. The Bertz CT molecular complexity index is 927. The minimum atomic E-state index is -0.161. The van der Waals surface area contributed by atoms with Gasteiger partial charge in [0.25, 0.3) is 0 Å². The normalized spacial score (nSPS) is 10.4. The minimum Gasteiger partial charge on any atom is -0.493 e. The molecule has 0 fully saturated rings. The van der Waals surface area contributed by atoms with Crippen molar-refractivity contribution in [3.8, 4) is 22.8 Å². The number of halogens is 1. The number of methoxy groups -OCH3 is 2. The van der Waals surface area contributed by atoms with Crippen molar-refractivity contribution in [1.82, 2.24) is 4.98 Å². The van der Waals surface area contributed by atoms with E-state index in [-0.39, 0.29) is 12.3 Å². The molecule has 2 aromatic carbocycles. The van der Waals surface area contributed by atoms with E-state index in [1.807, 2.05) is 41.8 Å². The highest BCUT2D eigenvalue weighted by Gasteiger charge is 2.12. The van der Waals surface area contributed by atoms with Crippen LogP contribution >= 0.6 is 22.9 Å². The Balaban J connectivity index is 1.72. The molecule has 134 valence electrons. The Labute approximate surface area is 160 Å². The van der Waals surface area contributed by atoms with E-state index in [0.29, 0.717) is 21.7 Å². The number of hydrogen-bond donors (Lipinski definition) is 1. The number of carbonyl (C=O) groups excluding carboxylic acids is 1. The fraction of sp³-hybridized carbons (Fsp3) is 0.158. The van der Waals surface area contributed by atoms with Gasteiger partial charge in [-0.2, -0.15) is 0 Å². The van der Waals surface area contributed by atoms with Crippen LogP contribution in [-0.2, 0) is 11.2 Å². The molecular formula is C19H17ClN2O3S. The van der Waals surface area contributed by atoms with Gasteiger partial charge < -0.3 is 14.8 Å². The summed E-state index contributed by atoms with van der Waals surface area (Å²) in [6.07, 6.45) is 0.199. The van der Waals surface area contributed by atoms with Gasteiger partial charge in [-0.25, -0.2) is 4.98 Å². The summed E-state index contributed by atoms with van der Waals surface area (Å²) in [7, 11) is 3.18. The van der Waals surface area contributed by atoms with Gasteiger partial charge in [-0.3, -0.25) is 4.79 Å². The molecular weight excluding hydrogens is 372 g/mol. The average Bonchev–Trinajstić information content (AvgIpc) is 3.11. The van der Waals surface area contributed by atoms with Crippen molar-refractivity contribution in [1.29, 1.82) is 0 Å². The first-order valence-electron chi connectivity index (χ1n) is 7.82. The Morgan fingerprint density at radius 2 is 1.92 bits per heavy atom. The molecule has 5 nitrogen and oxygen atoms in total. The van der Waals surface area contributed by atoms with E-state index in [1.54, 1.807) is 20.3 Å². The summed E-state index contributed by atoms with van der Waals surface area (Å²) in [6.45, 7) is 0. The third-order valence-corrected chi connectivity index (χ3v) is 4.87. The van der Waals surface area contributed by atoms with Gasteiger partial charge in [0.1, 0.15) is 0 Å². The van der Waals surface area contributed by atoms with E-state index in [4.69, 9.17) is 21.1 Å². The Morgan fingerprint density at radius 3 is 2.65 bits per heavy atom. The molecule has 26 heavy (non-hydrogen) atoms. The summed E-state index contributed by atoms with van der Waals surface area (Å²) in [6, 6.07) is 12.9. The minimum absolute atomic E-state index is 0.161. The van der Waals surface area contributed by atoms with Crippen LogP contribution in [-0.4, -0.2) is 25.1 Å². The predicted octanol–water partition coefficient (Wildman–Crippen LogP) is 4.66. The summed E-state index contributed by atoms with van der Waals surface area (Å²) < 4.78 is 10.6. The van der Waals surface area contributed by atoms with Gasteiger partial charge >= 0.3 is 0 Å². The first-order chi connectivity index (χ1) is 12.6. The Morgan fingerprint density at radius 1 is 1.15 bits per heavy atom. The van der Waals surface area contributed by atoms with Crippen molar-refractivity contribution in [3.63, 3.8) is 0 Å². The van der Waals surface area contributed by atoms with E-state index in [1.165, 1.54) is 11.3 Å². The molecule has 0 unspecified atom stereocenters. The van der Waals surface area contributed by atoms with Crippen LogP contribution in [0.1, 0.15) is 5.56 Å². The lowest BCUT2D eigenvalue weighted by atomic mass is 10.1. The molecule has 0 aliphatic heterocycles. The number of rotatable bonds is 6. The molecule has 0 spiro atoms. The molecule has 1 heterocycles. The molecule has 0 aliphatic carbocycles. The molecule has 1 N–H and O–H groups in total. The van der Waals surface area contributed by atoms with Crippen LogP contribution in [0.15, 0.2) is 47.8 Å². The van der Waals surface area contributed by atoms with Gasteiger partial charge in [0.2, 0.25) is 5.91 Å². The second kappa shape index (κ2) is 8.21. The zero-order valence-electron chi connectivity index (χ0n) is 14.3. The molecule has 0 aliphatic rings. The number of amides is 1. The number of benzene rings is 2. The number of ether oxygens (including phenoxy) is 2. The number of hydrogen-bond acceptors (Lipinski definition) is 5. The molecule has 1 amide bonds. The number of thiazole rings is 1. The van der Waals surface area contributed by atoms with Gasteiger partial charge in [0, 0.05) is 16.0 Å². The van der Waals surface area contributed by atoms with E-state index in [0.717, 1.165) is 16.8 Å².